The maximum Gasteiger partial charge on any atom is 0.132 e. The number of pyridine rings is 1. The molecular weight excluding hydrogens is 210 g/mol. The summed E-state index contributed by atoms with van der Waals surface area (Å²) in [6.45, 7) is 3.73. The molecule has 0 aliphatic carbocycles. The summed E-state index contributed by atoms with van der Waals surface area (Å²) in [6.07, 6.45) is 0.873. The van der Waals surface area contributed by atoms with E-state index in [1.165, 1.54) is 10.9 Å². The van der Waals surface area contributed by atoms with Crippen LogP contribution >= 0.6 is 0 Å². The Morgan fingerprint density at radius 3 is 2.76 bits per heavy atom. The molecular formula is C14H19N3. The van der Waals surface area contributed by atoms with E-state index in [0.717, 1.165) is 24.3 Å². The van der Waals surface area contributed by atoms with Gasteiger partial charge in [-0.3, -0.25) is 0 Å². The smallest absolute Gasteiger partial charge is 0.132 e. The molecule has 0 spiro atoms. The second kappa shape index (κ2) is 5.15. The van der Waals surface area contributed by atoms with E-state index < -0.39 is 0 Å². The van der Waals surface area contributed by atoms with Crippen LogP contribution in [0.3, 0.4) is 0 Å². The van der Waals surface area contributed by atoms with E-state index in [1.807, 2.05) is 12.1 Å². The van der Waals surface area contributed by atoms with Crippen molar-refractivity contribution in [3.05, 3.63) is 35.9 Å². The van der Waals surface area contributed by atoms with Crippen molar-refractivity contribution in [1.29, 1.82) is 0 Å². The monoisotopic (exact) mass is 229 g/mol. The second-order valence-corrected chi connectivity index (χ2v) is 4.22. The largest absolute Gasteiger partial charge is 0.360 e. The summed E-state index contributed by atoms with van der Waals surface area (Å²) in [4.78, 5) is 6.90. The number of rotatable bonds is 4. The summed E-state index contributed by atoms with van der Waals surface area (Å²) in [5.74, 6) is 1.05. The van der Waals surface area contributed by atoms with E-state index in [4.69, 9.17) is 10.7 Å². The van der Waals surface area contributed by atoms with E-state index in [-0.39, 0.29) is 0 Å². The van der Waals surface area contributed by atoms with Crippen molar-refractivity contribution in [3.63, 3.8) is 0 Å². The van der Waals surface area contributed by atoms with E-state index >= 15 is 0 Å². The van der Waals surface area contributed by atoms with Gasteiger partial charge in [0.15, 0.2) is 0 Å². The molecule has 90 valence electrons. The fourth-order valence-corrected chi connectivity index (χ4v) is 1.97. The molecule has 3 nitrogen and oxygen atoms in total. The number of aromatic nitrogens is 1. The van der Waals surface area contributed by atoms with Gasteiger partial charge in [0, 0.05) is 19.0 Å². The van der Waals surface area contributed by atoms with Gasteiger partial charge in [-0.1, -0.05) is 18.2 Å². The lowest BCUT2D eigenvalue weighted by Gasteiger charge is -2.20. The minimum atomic E-state index is 0.657. The number of anilines is 1. The van der Waals surface area contributed by atoms with Gasteiger partial charge in [0.25, 0.3) is 0 Å². The van der Waals surface area contributed by atoms with Crippen LogP contribution in [0.2, 0.25) is 0 Å². The second-order valence-electron chi connectivity index (χ2n) is 4.22. The highest BCUT2D eigenvalue weighted by Crippen LogP contribution is 2.23. The number of benzene rings is 1. The van der Waals surface area contributed by atoms with Gasteiger partial charge in [-0.2, -0.15) is 0 Å². The molecule has 0 amide bonds. The number of hydrogen-bond acceptors (Lipinski definition) is 3. The maximum absolute atomic E-state index is 5.67. The van der Waals surface area contributed by atoms with E-state index in [9.17, 15) is 0 Å². The molecule has 0 atom stereocenters. The Kier molecular flexibility index (Phi) is 3.59. The summed E-state index contributed by atoms with van der Waals surface area (Å²) in [5, 5.41) is 1.18. The Labute approximate surface area is 102 Å². The number of hydrogen-bond donors (Lipinski definition) is 1. The Morgan fingerprint density at radius 2 is 2.06 bits per heavy atom. The first kappa shape index (κ1) is 11.9. The summed E-state index contributed by atoms with van der Waals surface area (Å²) in [5.41, 5.74) is 7.95. The van der Waals surface area contributed by atoms with Gasteiger partial charge in [-0.15, -0.1) is 0 Å². The van der Waals surface area contributed by atoms with Gasteiger partial charge in [-0.25, -0.2) is 4.98 Å². The van der Waals surface area contributed by atoms with Crippen LogP contribution in [0.5, 0.6) is 0 Å². The maximum atomic E-state index is 5.67. The summed E-state index contributed by atoms with van der Waals surface area (Å²) >= 11 is 0. The van der Waals surface area contributed by atoms with Crippen LogP contribution in [-0.4, -0.2) is 25.1 Å². The van der Waals surface area contributed by atoms with Gasteiger partial charge in [-0.05, 0) is 37.6 Å². The summed E-state index contributed by atoms with van der Waals surface area (Å²) in [6, 6.07) is 10.4. The van der Waals surface area contributed by atoms with Crippen LogP contribution in [0.4, 0.5) is 5.82 Å². The van der Waals surface area contributed by atoms with E-state index in [2.05, 4.69) is 37.1 Å². The van der Waals surface area contributed by atoms with Crippen molar-refractivity contribution >= 4 is 16.7 Å². The molecule has 0 bridgehead atoms. The first-order chi connectivity index (χ1) is 8.26. The lowest BCUT2D eigenvalue weighted by Crippen LogP contribution is -2.20. The zero-order chi connectivity index (χ0) is 12.3. The SMILES string of the molecule is CCN(C)c1nc2ccccc2cc1CCN. The van der Waals surface area contributed by atoms with Gasteiger partial charge >= 0.3 is 0 Å². The molecule has 0 radical (unpaired) electrons. The minimum Gasteiger partial charge on any atom is -0.360 e. The van der Waals surface area contributed by atoms with E-state index in [0.29, 0.717) is 6.54 Å². The number of nitrogens with two attached hydrogens (primary N) is 1. The lowest BCUT2D eigenvalue weighted by molar-refractivity contribution is 0.899. The van der Waals surface area contributed by atoms with Crippen molar-refractivity contribution < 1.29 is 0 Å². The topological polar surface area (TPSA) is 42.2 Å². The molecule has 2 aromatic rings. The highest BCUT2D eigenvalue weighted by atomic mass is 15.2. The quantitative estimate of drug-likeness (QED) is 0.874. The predicted molar refractivity (Wildman–Crippen MR) is 73.4 cm³/mol. The Hall–Kier alpha value is -1.61. The fourth-order valence-electron chi connectivity index (χ4n) is 1.97. The molecule has 0 saturated heterocycles. The van der Waals surface area contributed by atoms with Crippen LogP contribution in [0.15, 0.2) is 30.3 Å². The summed E-state index contributed by atoms with van der Waals surface area (Å²) in [7, 11) is 2.07. The van der Waals surface area contributed by atoms with Crippen LogP contribution in [0.25, 0.3) is 10.9 Å². The predicted octanol–water partition coefficient (Wildman–Crippen LogP) is 2.19. The number of fused-ring (bicyclic) bond motifs is 1. The van der Waals surface area contributed by atoms with Gasteiger partial charge in [0.2, 0.25) is 0 Å². The first-order valence-corrected chi connectivity index (χ1v) is 6.06. The van der Waals surface area contributed by atoms with Crippen molar-refractivity contribution in [2.45, 2.75) is 13.3 Å². The number of nitrogens with zero attached hydrogens (tertiary/aromatic N) is 2. The van der Waals surface area contributed by atoms with Crippen LogP contribution in [0.1, 0.15) is 12.5 Å². The molecule has 0 fully saturated rings. The molecule has 1 aromatic carbocycles. The fraction of sp³-hybridized carbons (Fsp3) is 0.357. The molecule has 2 N–H and O–H groups in total. The molecule has 0 saturated carbocycles. The molecule has 2 rings (SSSR count). The average molecular weight is 229 g/mol. The summed E-state index contributed by atoms with van der Waals surface area (Å²) < 4.78 is 0. The normalized spacial score (nSPS) is 10.8. The standard InChI is InChI=1S/C14H19N3/c1-3-17(2)14-12(8-9-15)10-11-6-4-5-7-13(11)16-14/h4-7,10H,3,8-9,15H2,1-2H3. The Bertz CT molecular complexity index is 508. The average Bonchev–Trinajstić information content (AvgIpc) is 2.37. The molecule has 0 aliphatic heterocycles. The van der Waals surface area contributed by atoms with Gasteiger partial charge in [0.05, 0.1) is 5.52 Å². The van der Waals surface area contributed by atoms with Crippen molar-refractivity contribution in [1.82, 2.24) is 4.98 Å². The molecule has 1 aromatic heterocycles. The molecule has 17 heavy (non-hydrogen) atoms. The van der Waals surface area contributed by atoms with Crippen LogP contribution < -0.4 is 10.6 Å². The zero-order valence-corrected chi connectivity index (χ0v) is 10.5. The van der Waals surface area contributed by atoms with Gasteiger partial charge in [0.1, 0.15) is 5.82 Å². The third kappa shape index (κ3) is 2.39. The Balaban J connectivity index is 2.57. The molecule has 1 heterocycles. The number of para-hydroxylation sites is 1. The zero-order valence-electron chi connectivity index (χ0n) is 10.5. The van der Waals surface area contributed by atoms with E-state index in [1.54, 1.807) is 0 Å². The van der Waals surface area contributed by atoms with Crippen LogP contribution in [-0.2, 0) is 6.42 Å². The lowest BCUT2D eigenvalue weighted by atomic mass is 10.1. The van der Waals surface area contributed by atoms with Gasteiger partial charge < -0.3 is 10.6 Å². The molecule has 0 aliphatic rings. The van der Waals surface area contributed by atoms with Crippen molar-refractivity contribution in [2.75, 3.05) is 25.0 Å². The van der Waals surface area contributed by atoms with Crippen molar-refractivity contribution in [3.8, 4) is 0 Å². The minimum absolute atomic E-state index is 0.657. The highest BCUT2D eigenvalue weighted by Gasteiger charge is 2.09. The van der Waals surface area contributed by atoms with Crippen molar-refractivity contribution in [2.24, 2.45) is 5.73 Å². The third-order valence-corrected chi connectivity index (χ3v) is 3.03. The molecule has 3 heteroatoms. The molecule has 0 unspecified atom stereocenters. The highest BCUT2D eigenvalue weighted by molar-refractivity contribution is 5.81. The first-order valence-electron chi connectivity index (χ1n) is 6.06. The Morgan fingerprint density at radius 1 is 1.29 bits per heavy atom. The van der Waals surface area contributed by atoms with Crippen LogP contribution in [0, 0.1) is 0 Å². The third-order valence-electron chi connectivity index (χ3n) is 3.03.